The maximum absolute atomic E-state index is 5.84. The molecule has 0 saturated heterocycles. The molecule has 18 heavy (non-hydrogen) atoms. The fraction of sp³-hybridized carbons (Fsp3) is 0.188. The van der Waals surface area contributed by atoms with Crippen LogP contribution in [0.3, 0.4) is 0 Å². The summed E-state index contributed by atoms with van der Waals surface area (Å²) in [6.07, 6.45) is 0. The van der Waals surface area contributed by atoms with Crippen molar-refractivity contribution in [3.05, 3.63) is 53.1 Å². The quantitative estimate of drug-likeness (QED) is 0.626. The van der Waals surface area contributed by atoms with Crippen molar-refractivity contribution in [1.82, 2.24) is 4.98 Å². The molecule has 1 heterocycles. The molecule has 0 amide bonds. The van der Waals surface area contributed by atoms with Gasteiger partial charge in [-0.2, -0.15) is 0 Å². The van der Waals surface area contributed by atoms with Crippen molar-refractivity contribution in [3.63, 3.8) is 0 Å². The highest BCUT2D eigenvalue weighted by Crippen LogP contribution is 2.27. The highest BCUT2D eigenvalue weighted by molar-refractivity contribution is 5.80. The van der Waals surface area contributed by atoms with Crippen molar-refractivity contribution >= 4 is 11.1 Å². The lowest BCUT2D eigenvalue weighted by atomic mass is 10.1. The molecule has 0 radical (unpaired) electrons. The summed E-state index contributed by atoms with van der Waals surface area (Å²) in [7, 11) is 0. The van der Waals surface area contributed by atoms with E-state index in [-0.39, 0.29) is 0 Å². The molecule has 0 aliphatic rings. The zero-order chi connectivity index (χ0) is 12.7. The van der Waals surface area contributed by atoms with Crippen LogP contribution in [-0.2, 0) is 0 Å². The second kappa shape index (κ2) is 3.98. The molecule has 2 aromatic carbocycles. The number of oxazole rings is 1. The molecule has 3 aromatic rings. The summed E-state index contributed by atoms with van der Waals surface area (Å²) in [5.41, 5.74) is 6.44. The normalized spacial score (nSPS) is 11.1. The Morgan fingerprint density at radius 2 is 1.61 bits per heavy atom. The topological polar surface area (TPSA) is 26.0 Å². The molecule has 1 aromatic heterocycles. The van der Waals surface area contributed by atoms with Crippen LogP contribution < -0.4 is 0 Å². The second-order valence-electron chi connectivity index (χ2n) is 4.81. The smallest absolute Gasteiger partial charge is 0.227 e. The summed E-state index contributed by atoms with van der Waals surface area (Å²) in [6.45, 7) is 6.21. The van der Waals surface area contributed by atoms with Crippen LogP contribution in [0.4, 0.5) is 0 Å². The summed E-state index contributed by atoms with van der Waals surface area (Å²) < 4.78 is 5.84. The first-order chi connectivity index (χ1) is 8.63. The SMILES string of the molecule is Cc1ccc(-c2nc3c(C)cc(C)cc3o2)cc1. The Balaban J connectivity index is 2.19. The minimum atomic E-state index is 0.693. The largest absolute Gasteiger partial charge is 0.436 e. The van der Waals surface area contributed by atoms with E-state index in [9.17, 15) is 0 Å². The van der Waals surface area contributed by atoms with E-state index in [1.807, 2.05) is 18.2 Å². The lowest BCUT2D eigenvalue weighted by Crippen LogP contribution is -1.80. The van der Waals surface area contributed by atoms with Crippen molar-refractivity contribution < 1.29 is 4.42 Å². The Bertz CT molecular complexity index is 708. The number of hydrogen-bond donors (Lipinski definition) is 0. The van der Waals surface area contributed by atoms with E-state index in [0.717, 1.165) is 22.2 Å². The first-order valence-corrected chi connectivity index (χ1v) is 6.08. The first-order valence-electron chi connectivity index (χ1n) is 6.08. The zero-order valence-electron chi connectivity index (χ0n) is 10.8. The number of rotatable bonds is 1. The summed E-state index contributed by atoms with van der Waals surface area (Å²) in [5.74, 6) is 0.693. The summed E-state index contributed by atoms with van der Waals surface area (Å²) in [4.78, 5) is 4.59. The maximum Gasteiger partial charge on any atom is 0.227 e. The minimum absolute atomic E-state index is 0.693. The standard InChI is InChI=1S/C16H15NO/c1-10-4-6-13(7-5-10)16-17-15-12(3)8-11(2)9-14(15)18-16/h4-9H,1-3H3. The third-order valence-corrected chi connectivity index (χ3v) is 3.13. The van der Waals surface area contributed by atoms with E-state index in [1.54, 1.807) is 0 Å². The fourth-order valence-electron chi connectivity index (χ4n) is 2.19. The zero-order valence-corrected chi connectivity index (χ0v) is 10.8. The van der Waals surface area contributed by atoms with E-state index in [2.05, 4.69) is 44.0 Å². The Morgan fingerprint density at radius 3 is 2.33 bits per heavy atom. The molecule has 0 unspecified atom stereocenters. The number of hydrogen-bond acceptors (Lipinski definition) is 2. The van der Waals surface area contributed by atoms with Crippen LogP contribution >= 0.6 is 0 Å². The average Bonchev–Trinajstić information content (AvgIpc) is 2.74. The first kappa shape index (κ1) is 11.0. The average molecular weight is 237 g/mol. The highest BCUT2D eigenvalue weighted by atomic mass is 16.3. The van der Waals surface area contributed by atoms with Gasteiger partial charge in [0.1, 0.15) is 5.52 Å². The van der Waals surface area contributed by atoms with Gasteiger partial charge >= 0.3 is 0 Å². The van der Waals surface area contributed by atoms with E-state index in [0.29, 0.717) is 5.89 Å². The van der Waals surface area contributed by atoms with Gasteiger partial charge in [0.05, 0.1) is 0 Å². The molecule has 0 bridgehead atoms. The Kier molecular flexibility index (Phi) is 2.44. The predicted octanol–water partition coefficient (Wildman–Crippen LogP) is 4.42. The maximum atomic E-state index is 5.84. The molecule has 90 valence electrons. The molecule has 3 rings (SSSR count). The molecule has 0 aliphatic heterocycles. The molecule has 0 N–H and O–H groups in total. The van der Waals surface area contributed by atoms with Crippen molar-refractivity contribution in [2.75, 3.05) is 0 Å². The van der Waals surface area contributed by atoms with E-state index in [4.69, 9.17) is 4.42 Å². The Morgan fingerprint density at radius 1 is 0.889 bits per heavy atom. The number of aromatic nitrogens is 1. The molecule has 0 spiro atoms. The molecule has 0 saturated carbocycles. The van der Waals surface area contributed by atoms with Crippen LogP contribution in [-0.4, -0.2) is 4.98 Å². The Labute approximate surface area is 106 Å². The van der Waals surface area contributed by atoms with Crippen molar-refractivity contribution in [2.24, 2.45) is 0 Å². The van der Waals surface area contributed by atoms with Gasteiger partial charge in [0, 0.05) is 5.56 Å². The summed E-state index contributed by atoms with van der Waals surface area (Å²) in [6, 6.07) is 12.4. The van der Waals surface area contributed by atoms with Crippen LogP contribution in [0, 0.1) is 20.8 Å². The third kappa shape index (κ3) is 1.80. The lowest BCUT2D eigenvalue weighted by molar-refractivity contribution is 0.619. The van der Waals surface area contributed by atoms with Gasteiger partial charge in [0.15, 0.2) is 5.58 Å². The molecular weight excluding hydrogens is 222 g/mol. The van der Waals surface area contributed by atoms with E-state index < -0.39 is 0 Å². The number of nitrogens with zero attached hydrogens (tertiary/aromatic N) is 1. The fourth-order valence-corrected chi connectivity index (χ4v) is 2.19. The van der Waals surface area contributed by atoms with Gasteiger partial charge in [0.2, 0.25) is 5.89 Å². The van der Waals surface area contributed by atoms with Gasteiger partial charge in [-0.1, -0.05) is 23.8 Å². The van der Waals surface area contributed by atoms with Crippen molar-refractivity contribution in [1.29, 1.82) is 0 Å². The van der Waals surface area contributed by atoms with Gasteiger partial charge in [-0.3, -0.25) is 0 Å². The molecule has 0 aliphatic carbocycles. The van der Waals surface area contributed by atoms with E-state index in [1.165, 1.54) is 11.1 Å². The monoisotopic (exact) mass is 237 g/mol. The van der Waals surface area contributed by atoms with Gasteiger partial charge in [-0.15, -0.1) is 0 Å². The van der Waals surface area contributed by atoms with Crippen LogP contribution in [0.15, 0.2) is 40.8 Å². The van der Waals surface area contributed by atoms with Gasteiger partial charge in [0.25, 0.3) is 0 Å². The second-order valence-corrected chi connectivity index (χ2v) is 4.81. The Hall–Kier alpha value is -2.09. The van der Waals surface area contributed by atoms with Crippen molar-refractivity contribution in [3.8, 4) is 11.5 Å². The molecular formula is C16H15NO. The number of aryl methyl sites for hydroxylation is 3. The third-order valence-electron chi connectivity index (χ3n) is 3.13. The summed E-state index contributed by atoms with van der Waals surface area (Å²) in [5, 5.41) is 0. The predicted molar refractivity (Wildman–Crippen MR) is 73.7 cm³/mol. The minimum Gasteiger partial charge on any atom is -0.436 e. The van der Waals surface area contributed by atoms with Crippen LogP contribution in [0.2, 0.25) is 0 Å². The van der Waals surface area contributed by atoms with Gasteiger partial charge in [-0.05, 0) is 50.1 Å². The highest BCUT2D eigenvalue weighted by Gasteiger charge is 2.10. The van der Waals surface area contributed by atoms with Crippen LogP contribution in [0.5, 0.6) is 0 Å². The molecule has 2 heteroatoms. The molecule has 2 nitrogen and oxygen atoms in total. The van der Waals surface area contributed by atoms with Gasteiger partial charge < -0.3 is 4.42 Å². The number of fused-ring (bicyclic) bond motifs is 1. The van der Waals surface area contributed by atoms with Crippen LogP contribution in [0.1, 0.15) is 16.7 Å². The number of benzene rings is 2. The summed E-state index contributed by atoms with van der Waals surface area (Å²) >= 11 is 0. The lowest BCUT2D eigenvalue weighted by Gasteiger charge is -1.95. The van der Waals surface area contributed by atoms with E-state index >= 15 is 0 Å². The van der Waals surface area contributed by atoms with Crippen LogP contribution in [0.25, 0.3) is 22.6 Å². The molecule has 0 fully saturated rings. The molecule has 0 atom stereocenters. The van der Waals surface area contributed by atoms with Gasteiger partial charge in [-0.25, -0.2) is 4.98 Å². The van der Waals surface area contributed by atoms with Crippen molar-refractivity contribution in [2.45, 2.75) is 20.8 Å².